The van der Waals surface area contributed by atoms with Gasteiger partial charge in [-0.1, -0.05) is 6.07 Å². The smallest absolute Gasteiger partial charge is 0.332 e. The average molecular weight is 532 g/mol. The van der Waals surface area contributed by atoms with E-state index in [0.29, 0.717) is 31.0 Å². The van der Waals surface area contributed by atoms with Crippen LogP contribution in [0.3, 0.4) is 0 Å². The second kappa shape index (κ2) is 11.5. The van der Waals surface area contributed by atoms with Gasteiger partial charge in [0.2, 0.25) is 5.91 Å². The quantitative estimate of drug-likeness (QED) is 0.314. The van der Waals surface area contributed by atoms with Crippen molar-refractivity contribution in [3.05, 3.63) is 75.2 Å². The lowest BCUT2D eigenvalue weighted by Gasteiger charge is -2.34. The van der Waals surface area contributed by atoms with Crippen LogP contribution in [0.15, 0.2) is 58.4 Å². The molecule has 5 rings (SSSR count). The van der Waals surface area contributed by atoms with Crippen molar-refractivity contribution in [2.24, 2.45) is 12.8 Å². The van der Waals surface area contributed by atoms with Gasteiger partial charge in [-0.25, -0.2) is 9.78 Å². The molecule has 13 heteroatoms. The molecule has 1 aliphatic rings. The number of carbonyl (C=O) groups is 1. The highest BCUT2D eigenvalue weighted by molar-refractivity contribution is 5.78. The van der Waals surface area contributed by atoms with E-state index in [-0.39, 0.29) is 36.0 Å². The van der Waals surface area contributed by atoms with Crippen molar-refractivity contribution in [2.45, 2.75) is 6.54 Å². The second-order valence-corrected chi connectivity index (χ2v) is 9.20. The Bertz CT molecular complexity index is 1580. The van der Waals surface area contributed by atoms with Gasteiger partial charge in [0, 0.05) is 57.7 Å². The number of nitrogens with zero attached hydrogens (tertiary/aromatic N) is 8. The monoisotopic (exact) mass is 531 g/mol. The summed E-state index contributed by atoms with van der Waals surface area (Å²) < 4.78 is 8.27. The molecule has 0 bridgehead atoms. The molecule has 1 saturated heterocycles. The number of benzene rings is 1. The first kappa shape index (κ1) is 26.1. The molecule has 4 aromatic rings. The van der Waals surface area contributed by atoms with Gasteiger partial charge in [0.05, 0.1) is 13.1 Å². The van der Waals surface area contributed by atoms with Crippen LogP contribution in [0.2, 0.25) is 0 Å². The average Bonchev–Trinajstić information content (AvgIpc) is 2.99. The Labute approximate surface area is 223 Å². The molecular weight excluding hydrogens is 502 g/mol. The summed E-state index contributed by atoms with van der Waals surface area (Å²) >= 11 is 0. The molecule has 1 amide bonds. The zero-order valence-electron chi connectivity index (χ0n) is 21.6. The van der Waals surface area contributed by atoms with Gasteiger partial charge in [-0.15, -0.1) is 10.2 Å². The first-order valence-electron chi connectivity index (χ1n) is 12.6. The third kappa shape index (κ3) is 5.68. The van der Waals surface area contributed by atoms with E-state index in [1.54, 1.807) is 35.5 Å². The molecule has 202 valence electrons. The van der Waals surface area contributed by atoms with Crippen LogP contribution in [-0.4, -0.2) is 90.9 Å². The number of amides is 1. The molecule has 0 aliphatic carbocycles. The minimum Gasteiger partial charge on any atom is -0.492 e. The summed E-state index contributed by atoms with van der Waals surface area (Å²) in [5.74, 6) is 0.935. The maximum Gasteiger partial charge on any atom is 0.332 e. The lowest BCUT2D eigenvalue weighted by atomic mass is 10.2. The van der Waals surface area contributed by atoms with E-state index in [0.717, 1.165) is 29.8 Å². The molecule has 0 radical (unpaired) electrons. The minimum atomic E-state index is -0.540. The molecule has 3 aromatic heterocycles. The van der Waals surface area contributed by atoms with Crippen molar-refractivity contribution in [1.29, 1.82) is 0 Å². The van der Waals surface area contributed by atoms with Crippen LogP contribution in [0.1, 0.15) is 5.56 Å². The molecule has 0 atom stereocenters. The van der Waals surface area contributed by atoms with E-state index in [2.05, 4.69) is 25.1 Å². The Morgan fingerprint density at radius 1 is 1.05 bits per heavy atom. The highest BCUT2D eigenvalue weighted by atomic mass is 16.5. The number of rotatable bonds is 8. The first-order valence-corrected chi connectivity index (χ1v) is 12.6. The van der Waals surface area contributed by atoms with Crippen molar-refractivity contribution in [2.75, 3.05) is 45.9 Å². The standard InChI is InChI=1S/C26H29N9O4/c1-32-25(37)22-24(35(26(32)38)17-18-3-2-8-28-16-18)31-30-23(29-22)19-4-6-20(7-5-19)39-14-13-33-9-11-34(12-10-33)21(36)15-27/h2-8,16H,9-15,17,27H2,1H3. The van der Waals surface area contributed by atoms with E-state index >= 15 is 0 Å². The van der Waals surface area contributed by atoms with E-state index in [9.17, 15) is 14.4 Å². The third-order valence-electron chi connectivity index (χ3n) is 6.70. The van der Waals surface area contributed by atoms with Crippen LogP contribution in [-0.2, 0) is 18.4 Å². The predicted octanol–water partition coefficient (Wildman–Crippen LogP) is -0.523. The number of piperazine rings is 1. The molecular formula is C26H29N9O4. The normalized spacial score (nSPS) is 14.1. The lowest BCUT2D eigenvalue weighted by Crippen LogP contribution is -2.50. The van der Waals surface area contributed by atoms with E-state index in [1.807, 2.05) is 18.2 Å². The summed E-state index contributed by atoms with van der Waals surface area (Å²) in [5, 5.41) is 8.41. The van der Waals surface area contributed by atoms with Crippen molar-refractivity contribution < 1.29 is 9.53 Å². The maximum atomic E-state index is 12.9. The van der Waals surface area contributed by atoms with Crippen LogP contribution in [0.4, 0.5) is 0 Å². The maximum absolute atomic E-state index is 12.9. The molecule has 0 unspecified atom stereocenters. The van der Waals surface area contributed by atoms with Gasteiger partial charge < -0.3 is 15.4 Å². The molecule has 1 aromatic carbocycles. The highest BCUT2D eigenvalue weighted by Crippen LogP contribution is 2.20. The molecule has 2 N–H and O–H groups in total. The summed E-state index contributed by atoms with van der Waals surface area (Å²) in [6.07, 6.45) is 3.29. The number of fused-ring (bicyclic) bond motifs is 1. The summed E-state index contributed by atoms with van der Waals surface area (Å²) in [7, 11) is 1.41. The first-order chi connectivity index (χ1) is 18.9. The van der Waals surface area contributed by atoms with Crippen LogP contribution in [0, 0.1) is 0 Å². The van der Waals surface area contributed by atoms with Crippen LogP contribution in [0.5, 0.6) is 5.75 Å². The number of ether oxygens (including phenoxy) is 1. The topological polar surface area (TPSA) is 154 Å². The van der Waals surface area contributed by atoms with Crippen LogP contribution in [0.25, 0.3) is 22.6 Å². The van der Waals surface area contributed by atoms with Crippen LogP contribution < -0.4 is 21.7 Å². The van der Waals surface area contributed by atoms with E-state index < -0.39 is 11.2 Å². The number of nitrogens with two attached hydrogens (primary N) is 1. The molecule has 13 nitrogen and oxygen atoms in total. The zero-order valence-corrected chi connectivity index (χ0v) is 21.6. The number of hydrogen-bond donors (Lipinski definition) is 1. The SMILES string of the molecule is Cn1c(=O)c2nc(-c3ccc(OCCN4CCN(C(=O)CN)CC4)cc3)nnc2n(Cc2cccnc2)c1=O. The molecule has 0 spiro atoms. The van der Waals surface area contributed by atoms with Crippen molar-refractivity contribution in [3.63, 3.8) is 0 Å². The largest absolute Gasteiger partial charge is 0.492 e. The van der Waals surface area contributed by atoms with Crippen molar-refractivity contribution in [1.82, 2.24) is 39.1 Å². The molecule has 0 saturated carbocycles. The van der Waals surface area contributed by atoms with E-state index in [4.69, 9.17) is 10.5 Å². The number of pyridine rings is 1. The second-order valence-electron chi connectivity index (χ2n) is 9.20. The fourth-order valence-corrected chi connectivity index (χ4v) is 4.44. The Morgan fingerprint density at radius 2 is 1.82 bits per heavy atom. The van der Waals surface area contributed by atoms with Gasteiger partial charge >= 0.3 is 5.69 Å². The van der Waals surface area contributed by atoms with Gasteiger partial charge in [-0.3, -0.25) is 28.6 Å². The van der Waals surface area contributed by atoms with Gasteiger partial charge in [0.1, 0.15) is 12.4 Å². The Kier molecular flexibility index (Phi) is 7.70. The van der Waals surface area contributed by atoms with E-state index in [1.165, 1.54) is 11.6 Å². The summed E-state index contributed by atoms with van der Waals surface area (Å²) in [6, 6.07) is 10.8. The Balaban J connectivity index is 1.27. The van der Waals surface area contributed by atoms with Gasteiger partial charge in [0.25, 0.3) is 5.56 Å². The number of carbonyl (C=O) groups excluding carboxylic acids is 1. The van der Waals surface area contributed by atoms with Crippen molar-refractivity contribution in [3.8, 4) is 17.1 Å². The fourth-order valence-electron chi connectivity index (χ4n) is 4.44. The summed E-state index contributed by atoms with van der Waals surface area (Å²) in [5.41, 5.74) is 6.00. The number of hydrogen-bond acceptors (Lipinski definition) is 10. The Hall–Kier alpha value is -4.49. The zero-order chi connectivity index (χ0) is 27.4. The summed E-state index contributed by atoms with van der Waals surface area (Å²) in [6.45, 7) is 4.40. The van der Waals surface area contributed by atoms with Crippen molar-refractivity contribution >= 4 is 17.1 Å². The summed E-state index contributed by atoms with van der Waals surface area (Å²) in [4.78, 5) is 50.0. The fraction of sp³-hybridized carbons (Fsp3) is 0.346. The van der Waals surface area contributed by atoms with Gasteiger partial charge in [-0.2, -0.15) is 0 Å². The van der Waals surface area contributed by atoms with Crippen LogP contribution >= 0.6 is 0 Å². The predicted molar refractivity (Wildman–Crippen MR) is 143 cm³/mol. The highest BCUT2D eigenvalue weighted by Gasteiger charge is 2.20. The van der Waals surface area contributed by atoms with Gasteiger partial charge in [0.15, 0.2) is 17.0 Å². The van der Waals surface area contributed by atoms with Gasteiger partial charge in [-0.05, 0) is 35.9 Å². The molecule has 1 aliphatic heterocycles. The molecule has 39 heavy (non-hydrogen) atoms. The third-order valence-corrected chi connectivity index (χ3v) is 6.70. The number of aromatic nitrogens is 6. The molecule has 1 fully saturated rings. The molecule has 4 heterocycles. The lowest BCUT2D eigenvalue weighted by molar-refractivity contribution is -0.131. The minimum absolute atomic E-state index is 0.0176. The Morgan fingerprint density at radius 3 is 2.51 bits per heavy atom.